The van der Waals surface area contributed by atoms with Gasteiger partial charge < -0.3 is 10.2 Å². The zero-order valence-electron chi connectivity index (χ0n) is 16.1. The summed E-state index contributed by atoms with van der Waals surface area (Å²) in [6.45, 7) is 4.54. The Kier molecular flexibility index (Phi) is 7.38. The molecule has 1 saturated heterocycles. The third-order valence-electron chi connectivity index (χ3n) is 4.84. The van der Waals surface area contributed by atoms with E-state index in [1.807, 2.05) is 41.3 Å². The summed E-state index contributed by atoms with van der Waals surface area (Å²) in [7, 11) is 0. The Morgan fingerprint density at radius 1 is 0.893 bits per heavy atom. The van der Waals surface area contributed by atoms with E-state index < -0.39 is 0 Å². The largest absolute Gasteiger partial charge is 0.352 e. The van der Waals surface area contributed by atoms with Gasteiger partial charge >= 0.3 is 0 Å². The van der Waals surface area contributed by atoms with Crippen molar-refractivity contribution < 1.29 is 9.59 Å². The van der Waals surface area contributed by atoms with Crippen LogP contribution in [0.5, 0.6) is 0 Å². The lowest BCUT2D eigenvalue weighted by atomic mass is 10.2. The highest BCUT2D eigenvalue weighted by Gasteiger charge is 2.20. The minimum atomic E-state index is -0.177. The number of nitrogens with zero attached hydrogens (tertiary/aromatic N) is 2. The molecule has 2 amide bonds. The lowest BCUT2D eigenvalue weighted by Crippen LogP contribution is -2.48. The summed E-state index contributed by atoms with van der Waals surface area (Å²) in [5.74, 6) is -0.0731. The third-order valence-corrected chi connectivity index (χ3v) is 4.84. The van der Waals surface area contributed by atoms with Gasteiger partial charge in [0.05, 0.1) is 0 Å². The maximum Gasteiger partial charge on any atom is 0.244 e. The van der Waals surface area contributed by atoms with Gasteiger partial charge in [-0.25, -0.2) is 0 Å². The molecule has 0 spiro atoms. The van der Waals surface area contributed by atoms with Crippen LogP contribution in [0.15, 0.2) is 66.7 Å². The topological polar surface area (TPSA) is 52.7 Å². The number of carbonyl (C=O) groups is 2. The first kappa shape index (κ1) is 19.8. The summed E-state index contributed by atoms with van der Waals surface area (Å²) in [6.07, 6.45) is 3.61. The normalized spacial score (nSPS) is 14.9. The van der Waals surface area contributed by atoms with Gasteiger partial charge in [-0.05, 0) is 17.2 Å². The van der Waals surface area contributed by atoms with Crippen LogP contribution in [0.3, 0.4) is 0 Å². The number of hydrogen-bond donors (Lipinski definition) is 1. The summed E-state index contributed by atoms with van der Waals surface area (Å²) in [5, 5.41) is 2.78. The van der Waals surface area contributed by atoms with Gasteiger partial charge in [0.1, 0.15) is 0 Å². The highest BCUT2D eigenvalue weighted by atomic mass is 16.2. The number of hydrogen-bond acceptors (Lipinski definition) is 3. The molecule has 1 N–H and O–H groups in total. The van der Waals surface area contributed by atoms with E-state index in [9.17, 15) is 9.59 Å². The van der Waals surface area contributed by atoms with Crippen molar-refractivity contribution in [3.05, 3.63) is 77.9 Å². The average Bonchev–Trinajstić information content (AvgIpc) is 2.74. The van der Waals surface area contributed by atoms with Crippen LogP contribution in [-0.2, 0) is 16.1 Å². The first-order valence-electron chi connectivity index (χ1n) is 9.76. The first-order chi connectivity index (χ1) is 13.7. The maximum absolute atomic E-state index is 12.4. The molecule has 0 aromatic heterocycles. The van der Waals surface area contributed by atoms with Gasteiger partial charge in [-0.2, -0.15) is 0 Å². The molecular weight excluding hydrogens is 350 g/mol. The Balaban J connectivity index is 1.33. The molecule has 5 nitrogen and oxygen atoms in total. The SMILES string of the molecule is O=C(/C=C/c1ccccc1)NCCC(=O)N1CCN(Cc2ccccc2)CC1. The molecule has 0 bridgehead atoms. The molecule has 0 atom stereocenters. The predicted octanol–water partition coefficient (Wildman–Crippen LogP) is 2.55. The molecule has 146 valence electrons. The molecule has 1 fully saturated rings. The Hall–Kier alpha value is -2.92. The molecule has 0 unspecified atom stereocenters. The lowest BCUT2D eigenvalue weighted by Gasteiger charge is -2.34. The molecule has 5 heteroatoms. The zero-order valence-corrected chi connectivity index (χ0v) is 16.1. The number of carbonyl (C=O) groups excluding carboxylic acids is 2. The van der Waals surface area contributed by atoms with E-state index in [2.05, 4.69) is 34.5 Å². The van der Waals surface area contributed by atoms with Gasteiger partial charge in [-0.15, -0.1) is 0 Å². The zero-order chi connectivity index (χ0) is 19.6. The van der Waals surface area contributed by atoms with Crippen molar-refractivity contribution in [3.8, 4) is 0 Å². The number of benzene rings is 2. The standard InChI is InChI=1S/C23H27N3O2/c27-22(12-11-20-7-3-1-4-8-20)24-14-13-23(28)26-17-15-25(16-18-26)19-21-9-5-2-6-10-21/h1-12H,13-19H2,(H,24,27)/b12-11+. The molecule has 2 aromatic rings. The molecule has 1 aliphatic rings. The molecule has 0 radical (unpaired) electrons. The molecule has 1 aliphatic heterocycles. The fourth-order valence-corrected chi connectivity index (χ4v) is 3.24. The molecule has 3 rings (SSSR count). The minimum Gasteiger partial charge on any atom is -0.352 e. The fourth-order valence-electron chi connectivity index (χ4n) is 3.24. The van der Waals surface area contributed by atoms with Crippen molar-refractivity contribution in [2.75, 3.05) is 32.7 Å². The van der Waals surface area contributed by atoms with Crippen LogP contribution in [0.2, 0.25) is 0 Å². The number of nitrogens with one attached hydrogen (secondary N) is 1. The molecule has 0 saturated carbocycles. The predicted molar refractivity (Wildman–Crippen MR) is 111 cm³/mol. The molecule has 0 aliphatic carbocycles. The molecule has 1 heterocycles. The van der Waals surface area contributed by atoms with E-state index in [0.717, 1.165) is 38.3 Å². The third kappa shape index (κ3) is 6.35. The summed E-state index contributed by atoms with van der Waals surface area (Å²) in [6, 6.07) is 20.1. The highest BCUT2D eigenvalue weighted by Crippen LogP contribution is 2.09. The van der Waals surface area contributed by atoms with Gasteiger partial charge in [0.15, 0.2) is 0 Å². The summed E-state index contributed by atoms with van der Waals surface area (Å²) >= 11 is 0. The quantitative estimate of drug-likeness (QED) is 0.755. The summed E-state index contributed by atoms with van der Waals surface area (Å²) in [5.41, 5.74) is 2.27. The van der Waals surface area contributed by atoms with Gasteiger partial charge in [0, 0.05) is 51.8 Å². The Morgan fingerprint density at radius 2 is 1.54 bits per heavy atom. The molecular formula is C23H27N3O2. The van der Waals surface area contributed by atoms with Crippen LogP contribution in [0.25, 0.3) is 6.08 Å². The van der Waals surface area contributed by atoms with E-state index >= 15 is 0 Å². The van der Waals surface area contributed by atoms with Crippen molar-refractivity contribution in [3.63, 3.8) is 0 Å². The Bertz CT molecular complexity index is 782. The summed E-state index contributed by atoms with van der Waals surface area (Å²) < 4.78 is 0. The van der Waals surface area contributed by atoms with E-state index in [1.54, 1.807) is 6.08 Å². The average molecular weight is 377 g/mol. The van der Waals surface area contributed by atoms with Gasteiger partial charge in [-0.3, -0.25) is 14.5 Å². The van der Waals surface area contributed by atoms with E-state index in [1.165, 1.54) is 11.6 Å². The van der Waals surface area contributed by atoms with Crippen molar-refractivity contribution >= 4 is 17.9 Å². The van der Waals surface area contributed by atoms with E-state index in [-0.39, 0.29) is 11.8 Å². The van der Waals surface area contributed by atoms with E-state index in [4.69, 9.17) is 0 Å². The van der Waals surface area contributed by atoms with Crippen LogP contribution in [0.4, 0.5) is 0 Å². The number of amides is 2. The minimum absolute atomic E-state index is 0.103. The molecule has 2 aromatic carbocycles. The van der Waals surface area contributed by atoms with Gasteiger partial charge in [0.25, 0.3) is 0 Å². The van der Waals surface area contributed by atoms with Crippen LogP contribution in [-0.4, -0.2) is 54.3 Å². The highest BCUT2D eigenvalue weighted by molar-refractivity contribution is 5.92. The number of rotatable bonds is 7. The summed E-state index contributed by atoms with van der Waals surface area (Å²) in [4.78, 5) is 28.5. The second-order valence-corrected chi connectivity index (χ2v) is 6.93. The van der Waals surface area contributed by atoms with Crippen LogP contribution >= 0.6 is 0 Å². The molecule has 28 heavy (non-hydrogen) atoms. The van der Waals surface area contributed by atoms with Crippen LogP contribution in [0, 0.1) is 0 Å². The van der Waals surface area contributed by atoms with Crippen LogP contribution in [0.1, 0.15) is 17.5 Å². The van der Waals surface area contributed by atoms with Gasteiger partial charge in [-0.1, -0.05) is 60.7 Å². The Morgan fingerprint density at radius 3 is 2.21 bits per heavy atom. The maximum atomic E-state index is 12.4. The first-order valence-corrected chi connectivity index (χ1v) is 9.76. The van der Waals surface area contributed by atoms with Crippen molar-refractivity contribution in [2.24, 2.45) is 0 Å². The van der Waals surface area contributed by atoms with Crippen LogP contribution < -0.4 is 5.32 Å². The fraction of sp³-hybridized carbons (Fsp3) is 0.304. The number of piperazine rings is 1. The lowest BCUT2D eigenvalue weighted by molar-refractivity contribution is -0.132. The second-order valence-electron chi connectivity index (χ2n) is 6.93. The Labute approximate surface area is 166 Å². The van der Waals surface area contributed by atoms with Crippen molar-refractivity contribution in [1.29, 1.82) is 0 Å². The second kappa shape index (κ2) is 10.4. The monoisotopic (exact) mass is 377 g/mol. The van der Waals surface area contributed by atoms with Crippen molar-refractivity contribution in [2.45, 2.75) is 13.0 Å². The smallest absolute Gasteiger partial charge is 0.244 e. The van der Waals surface area contributed by atoms with Crippen molar-refractivity contribution in [1.82, 2.24) is 15.1 Å². The van der Waals surface area contributed by atoms with E-state index in [0.29, 0.717) is 13.0 Å². The van der Waals surface area contributed by atoms with Gasteiger partial charge in [0.2, 0.25) is 11.8 Å².